The van der Waals surface area contributed by atoms with Crippen molar-refractivity contribution in [1.29, 1.82) is 0 Å². The van der Waals surface area contributed by atoms with Crippen LogP contribution in [0.15, 0.2) is 0 Å². The molecule has 0 saturated carbocycles. The fourth-order valence-corrected chi connectivity index (χ4v) is 2.51. The number of unbranched alkanes of at least 4 members (excludes halogenated alkanes) is 6. The van der Waals surface area contributed by atoms with Gasteiger partial charge in [0, 0.05) is 13.0 Å². The van der Waals surface area contributed by atoms with Crippen molar-refractivity contribution < 1.29 is 33.6 Å². The monoisotopic (exact) mass is 419 g/mol. The predicted octanol–water partition coefficient (Wildman–Crippen LogP) is 2.78. The number of hydrogen-bond donors (Lipinski definition) is 2. The molecule has 0 radical (unpaired) electrons. The number of ether oxygens (including phenoxy) is 4. The number of carboxylic acid groups (broad SMARTS) is 1. The molecule has 1 amide bonds. The zero-order valence-electron chi connectivity index (χ0n) is 18.1. The topological polar surface area (TPSA) is 103 Å². The van der Waals surface area contributed by atoms with E-state index in [0.717, 1.165) is 12.8 Å². The van der Waals surface area contributed by atoms with Crippen molar-refractivity contribution in [1.82, 2.24) is 5.32 Å². The Hall–Kier alpha value is -1.22. The Morgan fingerprint density at radius 1 is 0.655 bits per heavy atom. The third kappa shape index (κ3) is 24.7. The summed E-state index contributed by atoms with van der Waals surface area (Å²) in [7, 11) is 0. The van der Waals surface area contributed by atoms with E-state index >= 15 is 0 Å². The normalized spacial score (nSPS) is 10.9. The summed E-state index contributed by atoms with van der Waals surface area (Å²) in [6.07, 6.45) is 9.08. The molecular formula is C21H41NO7. The summed E-state index contributed by atoms with van der Waals surface area (Å²) in [4.78, 5) is 22.0. The average Bonchev–Trinajstić information content (AvgIpc) is 2.70. The lowest BCUT2D eigenvalue weighted by atomic mass is 10.1. The molecule has 0 aromatic carbocycles. The van der Waals surface area contributed by atoms with Crippen molar-refractivity contribution in [2.75, 3.05) is 59.4 Å². The number of amides is 1. The maximum absolute atomic E-state index is 11.7. The highest BCUT2D eigenvalue weighted by molar-refractivity contribution is 5.75. The molecule has 0 spiro atoms. The lowest BCUT2D eigenvalue weighted by molar-refractivity contribution is -0.138. The van der Waals surface area contributed by atoms with Gasteiger partial charge in [-0.2, -0.15) is 0 Å². The van der Waals surface area contributed by atoms with Crippen LogP contribution in [-0.4, -0.2) is 76.4 Å². The minimum Gasteiger partial charge on any atom is -0.481 e. The van der Waals surface area contributed by atoms with Crippen LogP contribution in [0.3, 0.4) is 0 Å². The van der Waals surface area contributed by atoms with Crippen LogP contribution >= 0.6 is 0 Å². The van der Waals surface area contributed by atoms with Gasteiger partial charge in [-0.15, -0.1) is 0 Å². The van der Waals surface area contributed by atoms with Gasteiger partial charge >= 0.3 is 5.97 Å². The van der Waals surface area contributed by atoms with Crippen molar-refractivity contribution >= 4 is 11.9 Å². The quantitative estimate of drug-likeness (QED) is 0.245. The Labute approximate surface area is 175 Å². The summed E-state index contributed by atoms with van der Waals surface area (Å²) in [5.41, 5.74) is 0. The van der Waals surface area contributed by atoms with Crippen molar-refractivity contribution in [3.05, 3.63) is 0 Å². The van der Waals surface area contributed by atoms with E-state index in [-0.39, 0.29) is 18.9 Å². The number of carboxylic acids is 1. The van der Waals surface area contributed by atoms with Crippen LogP contribution in [0.25, 0.3) is 0 Å². The molecule has 0 aliphatic carbocycles. The van der Waals surface area contributed by atoms with E-state index < -0.39 is 5.97 Å². The molecule has 8 nitrogen and oxygen atoms in total. The molecule has 0 atom stereocenters. The van der Waals surface area contributed by atoms with Gasteiger partial charge in [-0.3, -0.25) is 9.59 Å². The van der Waals surface area contributed by atoms with Gasteiger partial charge < -0.3 is 29.4 Å². The van der Waals surface area contributed by atoms with Gasteiger partial charge in [-0.05, 0) is 6.42 Å². The summed E-state index contributed by atoms with van der Waals surface area (Å²) < 4.78 is 21.2. The molecule has 0 heterocycles. The molecule has 0 aliphatic rings. The van der Waals surface area contributed by atoms with Crippen LogP contribution in [0.5, 0.6) is 0 Å². The van der Waals surface area contributed by atoms with Gasteiger partial charge in [0.1, 0.15) is 0 Å². The van der Waals surface area contributed by atoms with Crippen LogP contribution in [0.4, 0.5) is 0 Å². The van der Waals surface area contributed by atoms with Crippen molar-refractivity contribution in [3.8, 4) is 0 Å². The summed E-state index contributed by atoms with van der Waals surface area (Å²) in [5, 5.41) is 11.3. The second kappa shape index (κ2) is 23.1. The lowest BCUT2D eigenvalue weighted by Crippen LogP contribution is -2.27. The van der Waals surface area contributed by atoms with E-state index in [4.69, 9.17) is 24.1 Å². The molecule has 0 aromatic rings. The maximum atomic E-state index is 11.7. The first-order valence-corrected chi connectivity index (χ1v) is 11.0. The predicted molar refractivity (Wildman–Crippen MR) is 111 cm³/mol. The van der Waals surface area contributed by atoms with Gasteiger partial charge in [-0.1, -0.05) is 45.4 Å². The minimum absolute atomic E-state index is 0.00594. The largest absolute Gasteiger partial charge is 0.481 e. The van der Waals surface area contributed by atoms with Gasteiger partial charge in [-0.25, -0.2) is 0 Å². The number of nitrogens with one attached hydrogen (secondary N) is 1. The summed E-state index contributed by atoms with van der Waals surface area (Å²) >= 11 is 0. The standard InChI is InChI=1S/C21H41NO7/c1-2-3-4-5-6-7-8-9-20(23)22-11-13-27-15-17-29-19-18-28-16-14-26-12-10-21(24)25/h2-19H2,1H3,(H,22,23)(H,24,25). The first-order chi connectivity index (χ1) is 14.2. The molecule has 0 unspecified atom stereocenters. The zero-order valence-corrected chi connectivity index (χ0v) is 18.1. The Morgan fingerprint density at radius 3 is 1.69 bits per heavy atom. The molecule has 0 rings (SSSR count). The Morgan fingerprint density at radius 2 is 1.14 bits per heavy atom. The fraction of sp³-hybridized carbons (Fsp3) is 0.905. The minimum atomic E-state index is -0.868. The van der Waals surface area contributed by atoms with Crippen LogP contribution in [0, 0.1) is 0 Å². The van der Waals surface area contributed by atoms with Crippen LogP contribution in [0.1, 0.15) is 64.7 Å². The highest BCUT2D eigenvalue weighted by Crippen LogP contribution is 2.08. The molecule has 0 aromatic heterocycles. The van der Waals surface area contributed by atoms with E-state index in [9.17, 15) is 9.59 Å². The smallest absolute Gasteiger partial charge is 0.305 e. The number of hydrogen-bond acceptors (Lipinski definition) is 6. The van der Waals surface area contributed by atoms with Gasteiger partial charge in [0.05, 0.1) is 59.3 Å². The Balaban J connectivity index is 3.14. The molecule has 29 heavy (non-hydrogen) atoms. The van der Waals surface area contributed by atoms with Crippen molar-refractivity contribution in [2.45, 2.75) is 64.7 Å². The first kappa shape index (κ1) is 27.8. The second-order valence-corrected chi connectivity index (χ2v) is 6.81. The molecular weight excluding hydrogens is 378 g/mol. The van der Waals surface area contributed by atoms with E-state index in [0.29, 0.717) is 59.2 Å². The van der Waals surface area contributed by atoms with E-state index in [2.05, 4.69) is 12.2 Å². The molecule has 0 saturated heterocycles. The average molecular weight is 420 g/mol. The number of rotatable bonds is 23. The summed E-state index contributed by atoms with van der Waals surface area (Å²) in [6.45, 7) is 6.09. The molecule has 0 bridgehead atoms. The Bertz CT molecular complexity index is 380. The molecule has 172 valence electrons. The van der Waals surface area contributed by atoms with Crippen molar-refractivity contribution in [2.24, 2.45) is 0 Å². The third-order valence-electron chi connectivity index (χ3n) is 4.15. The van der Waals surface area contributed by atoms with E-state index in [1.807, 2.05) is 0 Å². The van der Waals surface area contributed by atoms with Crippen molar-refractivity contribution in [3.63, 3.8) is 0 Å². The number of carbonyl (C=O) groups excluding carboxylic acids is 1. The zero-order chi connectivity index (χ0) is 21.4. The Kier molecular flexibility index (Phi) is 22.1. The highest BCUT2D eigenvalue weighted by Gasteiger charge is 2.00. The SMILES string of the molecule is CCCCCCCCCC(=O)NCCOCCOCCOCCOCCC(=O)O. The number of carbonyl (C=O) groups is 2. The van der Waals surface area contributed by atoms with Gasteiger partial charge in [0.25, 0.3) is 0 Å². The van der Waals surface area contributed by atoms with Gasteiger partial charge in [0.15, 0.2) is 0 Å². The number of aliphatic carboxylic acids is 1. The van der Waals surface area contributed by atoms with Crippen LogP contribution in [0.2, 0.25) is 0 Å². The fourth-order valence-electron chi connectivity index (χ4n) is 2.51. The lowest BCUT2D eigenvalue weighted by Gasteiger charge is -2.08. The second-order valence-electron chi connectivity index (χ2n) is 6.81. The van der Waals surface area contributed by atoms with E-state index in [1.165, 1.54) is 32.1 Å². The summed E-state index contributed by atoms with van der Waals surface area (Å²) in [6, 6.07) is 0. The van der Waals surface area contributed by atoms with E-state index in [1.54, 1.807) is 0 Å². The van der Waals surface area contributed by atoms with Gasteiger partial charge in [0.2, 0.25) is 5.91 Å². The van der Waals surface area contributed by atoms with Crippen LogP contribution < -0.4 is 5.32 Å². The third-order valence-corrected chi connectivity index (χ3v) is 4.15. The first-order valence-electron chi connectivity index (χ1n) is 11.0. The molecule has 0 fully saturated rings. The maximum Gasteiger partial charge on any atom is 0.305 e. The molecule has 2 N–H and O–H groups in total. The highest BCUT2D eigenvalue weighted by atomic mass is 16.6. The molecule has 0 aliphatic heterocycles. The summed E-state index contributed by atoms with van der Waals surface area (Å²) in [5.74, 6) is -0.769. The van der Waals surface area contributed by atoms with Crippen LogP contribution in [-0.2, 0) is 28.5 Å². The molecule has 8 heteroatoms.